The Morgan fingerprint density at radius 1 is 1.60 bits per heavy atom. The minimum Gasteiger partial charge on any atom is -0.390 e. The Kier molecular flexibility index (Phi) is 4.65. The van der Waals surface area contributed by atoms with Crippen molar-refractivity contribution in [1.29, 1.82) is 0 Å². The van der Waals surface area contributed by atoms with E-state index in [0.717, 1.165) is 0 Å². The van der Waals surface area contributed by atoms with E-state index in [-0.39, 0.29) is 0 Å². The normalized spacial score (nSPS) is 15.3. The van der Waals surface area contributed by atoms with Crippen molar-refractivity contribution in [1.82, 2.24) is 0 Å². The summed E-state index contributed by atoms with van der Waals surface area (Å²) in [6, 6.07) is 0. The third kappa shape index (κ3) is 3.29. The summed E-state index contributed by atoms with van der Waals surface area (Å²) in [4.78, 5) is 0. The van der Waals surface area contributed by atoms with Crippen LogP contribution in [0.5, 0.6) is 0 Å². The van der Waals surface area contributed by atoms with E-state index in [9.17, 15) is 0 Å². The molecule has 2 N–H and O–H groups in total. The zero-order valence-corrected chi connectivity index (χ0v) is 5.83. The molecular formula is C8H12O2. The average molecular weight is 140 g/mol. The van der Waals surface area contributed by atoms with Crippen LogP contribution in [0.2, 0.25) is 0 Å². The van der Waals surface area contributed by atoms with Gasteiger partial charge in [0.2, 0.25) is 0 Å². The Bertz CT molecular complexity index is 135. The van der Waals surface area contributed by atoms with Gasteiger partial charge in [0, 0.05) is 6.42 Å². The van der Waals surface area contributed by atoms with Crippen LogP contribution in [0.3, 0.4) is 0 Å². The molecule has 0 aromatic carbocycles. The topological polar surface area (TPSA) is 40.5 Å². The number of hydrogen-bond donors (Lipinski definition) is 2. The van der Waals surface area contributed by atoms with Crippen molar-refractivity contribution in [2.24, 2.45) is 0 Å². The third-order valence-corrected chi connectivity index (χ3v) is 1.22. The lowest BCUT2D eigenvalue weighted by Crippen LogP contribution is -2.22. The largest absolute Gasteiger partial charge is 0.390 e. The molecule has 0 spiro atoms. The molecule has 0 unspecified atom stereocenters. The number of aliphatic hydroxyl groups excluding tert-OH is 2. The Balaban J connectivity index is 3.52. The summed E-state index contributed by atoms with van der Waals surface area (Å²) in [6.45, 7) is 3.33. The first-order valence-electron chi connectivity index (χ1n) is 3.14. The highest BCUT2D eigenvalue weighted by Gasteiger charge is 2.10. The lowest BCUT2D eigenvalue weighted by atomic mass is 10.1. The summed E-state index contributed by atoms with van der Waals surface area (Å²) < 4.78 is 0. The van der Waals surface area contributed by atoms with Crippen LogP contribution in [-0.2, 0) is 0 Å². The molecule has 0 aliphatic heterocycles. The van der Waals surface area contributed by atoms with E-state index < -0.39 is 12.2 Å². The van der Waals surface area contributed by atoms with E-state index in [1.807, 2.05) is 0 Å². The van der Waals surface area contributed by atoms with E-state index in [1.54, 1.807) is 0 Å². The summed E-state index contributed by atoms with van der Waals surface area (Å²) in [5.41, 5.74) is 0. The molecule has 0 heterocycles. The van der Waals surface area contributed by atoms with Crippen molar-refractivity contribution >= 4 is 0 Å². The molecule has 2 heteroatoms. The van der Waals surface area contributed by atoms with Gasteiger partial charge in [-0.25, -0.2) is 0 Å². The Hall–Kier alpha value is -0.780. The average Bonchev–Trinajstić information content (AvgIpc) is 1.98. The molecule has 0 amide bonds. The molecule has 0 aliphatic rings. The third-order valence-electron chi connectivity index (χ3n) is 1.22. The van der Waals surface area contributed by atoms with Gasteiger partial charge in [0.25, 0.3) is 0 Å². The first kappa shape index (κ1) is 9.22. The van der Waals surface area contributed by atoms with Crippen LogP contribution in [0.1, 0.15) is 12.8 Å². The summed E-state index contributed by atoms with van der Waals surface area (Å²) in [6.07, 6.45) is 5.52. The summed E-state index contributed by atoms with van der Waals surface area (Å²) in [5, 5.41) is 17.9. The second-order valence-electron chi connectivity index (χ2n) is 2.04. The number of rotatable bonds is 4. The summed E-state index contributed by atoms with van der Waals surface area (Å²) >= 11 is 0. The highest BCUT2D eigenvalue weighted by atomic mass is 16.3. The van der Waals surface area contributed by atoms with Gasteiger partial charge in [-0.1, -0.05) is 6.08 Å². The first-order valence-corrected chi connectivity index (χ1v) is 3.14. The molecule has 0 rings (SSSR count). The van der Waals surface area contributed by atoms with Gasteiger partial charge < -0.3 is 10.2 Å². The van der Waals surface area contributed by atoms with E-state index >= 15 is 0 Å². The Morgan fingerprint density at radius 2 is 2.20 bits per heavy atom. The van der Waals surface area contributed by atoms with Gasteiger partial charge in [-0.05, 0) is 6.42 Å². The highest BCUT2D eigenvalue weighted by molar-refractivity contribution is 4.89. The molecule has 0 fully saturated rings. The van der Waals surface area contributed by atoms with E-state index in [4.69, 9.17) is 16.6 Å². The Labute approximate surface area is 61.2 Å². The molecule has 0 bridgehead atoms. The predicted octanol–water partition coefficient (Wildman–Crippen LogP) is 0.308. The fourth-order valence-corrected chi connectivity index (χ4v) is 0.559. The molecule has 0 radical (unpaired) electrons. The van der Waals surface area contributed by atoms with Crippen molar-refractivity contribution in [2.45, 2.75) is 25.0 Å². The van der Waals surface area contributed by atoms with Gasteiger partial charge in [-0.15, -0.1) is 18.9 Å². The zero-order valence-electron chi connectivity index (χ0n) is 5.83. The predicted molar refractivity (Wildman–Crippen MR) is 40.3 cm³/mol. The van der Waals surface area contributed by atoms with Crippen LogP contribution >= 0.6 is 0 Å². The van der Waals surface area contributed by atoms with Crippen molar-refractivity contribution < 1.29 is 10.2 Å². The van der Waals surface area contributed by atoms with Crippen LogP contribution in [0, 0.1) is 12.3 Å². The fraction of sp³-hybridized carbons (Fsp3) is 0.500. The minimum absolute atomic E-state index is 0.420. The summed E-state index contributed by atoms with van der Waals surface area (Å²) in [5.74, 6) is 2.37. The van der Waals surface area contributed by atoms with Gasteiger partial charge in [-0.3, -0.25) is 0 Å². The van der Waals surface area contributed by atoms with Crippen molar-refractivity contribution in [3.05, 3.63) is 12.7 Å². The number of terminal acetylenes is 1. The maximum absolute atomic E-state index is 9.03. The van der Waals surface area contributed by atoms with Crippen molar-refractivity contribution in [3.8, 4) is 12.3 Å². The molecule has 0 aliphatic carbocycles. The monoisotopic (exact) mass is 140 g/mol. The van der Waals surface area contributed by atoms with Gasteiger partial charge in [0.15, 0.2) is 0 Å². The molecule has 0 saturated carbocycles. The van der Waals surface area contributed by atoms with Crippen molar-refractivity contribution in [3.63, 3.8) is 0 Å². The lowest BCUT2D eigenvalue weighted by molar-refractivity contribution is 0.0445. The summed E-state index contributed by atoms with van der Waals surface area (Å²) in [7, 11) is 0. The van der Waals surface area contributed by atoms with Crippen LogP contribution in [0.25, 0.3) is 0 Å². The maximum Gasteiger partial charge on any atom is 0.0977 e. The molecule has 0 aromatic rings. The van der Waals surface area contributed by atoms with Gasteiger partial charge in [-0.2, -0.15) is 0 Å². The van der Waals surface area contributed by atoms with Gasteiger partial charge >= 0.3 is 0 Å². The smallest absolute Gasteiger partial charge is 0.0977 e. The van der Waals surface area contributed by atoms with Gasteiger partial charge in [0.1, 0.15) is 0 Å². The zero-order chi connectivity index (χ0) is 7.98. The number of aliphatic hydroxyl groups is 2. The Morgan fingerprint density at radius 3 is 2.60 bits per heavy atom. The molecule has 2 atom stereocenters. The standard InChI is InChI=1S/C8H12O2/c1-3-5-6-8(10)7(9)4-2/h1,4,7-10H,2,5-6H2/t7-,8-/m0/s1. The molecular weight excluding hydrogens is 128 g/mol. The lowest BCUT2D eigenvalue weighted by Gasteiger charge is -2.11. The number of hydrogen-bond acceptors (Lipinski definition) is 2. The van der Waals surface area contributed by atoms with Crippen LogP contribution in [-0.4, -0.2) is 22.4 Å². The fourth-order valence-electron chi connectivity index (χ4n) is 0.559. The first-order chi connectivity index (χ1) is 4.72. The molecule has 0 aromatic heterocycles. The van der Waals surface area contributed by atoms with Gasteiger partial charge in [0.05, 0.1) is 12.2 Å². The van der Waals surface area contributed by atoms with E-state index in [1.165, 1.54) is 6.08 Å². The maximum atomic E-state index is 9.03. The second kappa shape index (κ2) is 5.04. The SMILES string of the molecule is C#CCC[C@H](O)[C@@H](O)C=C. The van der Waals surface area contributed by atoms with E-state index in [2.05, 4.69) is 12.5 Å². The minimum atomic E-state index is -0.853. The van der Waals surface area contributed by atoms with Crippen LogP contribution in [0.4, 0.5) is 0 Å². The molecule has 2 nitrogen and oxygen atoms in total. The quantitative estimate of drug-likeness (QED) is 0.436. The highest BCUT2D eigenvalue weighted by Crippen LogP contribution is 2.01. The second-order valence-corrected chi connectivity index (χ2v) is 2.04. The van der Waals surface area contributed by atoms with E-state index in [0.29, 0.717) is 12.8 Å². The molecule has 10 heavy (non-hydrogen) atoms. The van der Waals surface area contributed by atoms with Crippen LogP contribution in [0.15, 0.2) is 12.7 Å². The van der Waals surface area contributed by atoms with Crippen molar-refractivity contribution in [2.75, 3.05) is 0 Å². The van der Waals surface area contributed by atoms with Crippen LogP contribution < -0.4 is 0 Å². The molecule has 0 saturated heterocycles. The molecule has 56 valence electrons.